The monoisotopic (exact) mass is 363 g/mol. The average molecular weight is 364 g/mol. The molecule has 1 aliphatic rings. The number of nitrogens with zero attached hydrogens (tertiary/aromatic N) is 3. The highest BCUT2D eigenvalue weighted by molar-refractivity contribution is 6.30. The highest BCUT2D eigenvalue weighted by atomic mass is 35.5. The van der Waals surface area contributed by atoms with Crippen LogP contribution in [0.4, 0.5) is 0 Å². The van der Waals surface area contributed by atoms with Gasteiger partial charge in [0.1, 0.15) is 0 Å². The van der Waals surface area contributed by atoms with Crippen molar-refractivity contribution in [1.82, 2.24) is 15.0 Å². The summed E-state index contributed by atoms with van der Waals surface area (Å²) in [6.45, 7) is 2.53. The molecule has 7 heteroatoms. The van der Waals surface area contributed by atoms with Crippen molar-refractivity contribution >= 4 is 17.5 Å². The van der Waals surface area contributed by atoms with Crippen LogP contribution in [0, 0.1) is 0 Å². The van der Waals surface area contributed by atoms with E-state index in [2.05, 4.69) is 10.1 Å². The summed E-state index contributed by atoms with van der Waals surface area (Å²) in [5.41, 5.74) is 1.24. The van der Waals surface area contributed by atoms with E-state index in [0.29, 0.717) is 30.4 Å². The zero-order chi connectivity index (χ0) is 17.8. The molecule has 3 rings (SSSR count). The number of aliphatic hydroxyl groups is 1. The molecule has 1 saturated heterocycles. The lowest BCUT2D eigenvalue weighted by molar-refractivity contribution is 0.0622. The third-order valence-electron chi connectivity index (χ3n) is 4.29. The minimum Gasteiger partial charge on any atom is -0.392 e. The lowest BCUT2D eigenvalue weighted by Gasteiger charge is -2.28. The standard InChI is InChI=1S/C18H22ClN3O3/c1-21(10-13-4-2-5-14(19)8-13)18(24)17-9-16(25-20-17)12-22-7-3-6-15(23)11-22/h2,4-5,8-9,15,23H,3,6-7,10-12H2,1H3. The predicted molar refractivity (Wildman–Crippen MR) is 94.3 cm³/mol. The van der Waals surface area contributed by atoms with Crippen LogP contribution >= 0.6 is 11.6 Å². The zero-order valence-corrected chi connectivity index (χ0v) is 14.9. The SMILES string of the molecule is CN(Cc1cccc(Cl)c1)C(=O)c1cc(CN2CCCC(O)C2)on1. The van der Waals surface area contributed by atoms with Crippen LogP contribution in [-0.2, 0) is 13.1 Å². The Morgan fingerprint density at radius 3 is 3.08 bits per heavy atom. The topological polar surface area (TPSA) is 69.8 Å². The van der Waals surface area contributed by atoms with Crippen LogP contribution in [0.1, 0.15) is 34.7 Å². The summed E-state index contributed by atoms with van der Waals surface area (Å²) in [6.07, 6.45) is 1.51. The molecule has 1 unspecified atom stereocenters. The third kappa shape index (κ3) is 4.81. The van der Waals surface area contributed by atoms with E-state index >= 15 is 0 Å². The second-order valence-electron chi connectivity index (χ2n) is 6.50. The molecular weight excluding hydrogens is 342 g/mol. The number of benzene rings is 1. The molecule has 1 fully saturated rings. The van der Waals surface area contributed by atoms with E-state index in [1.165, 1.54) is 0 Å². The van der Waals surface area contributed by atoms with Crippen LogP contribution in [0.25, 0.3) is 0 Å². The van der Waals surface area contributed by atoms with Gasteiger partial charge in [-0.3, -0.25) is 9.69 Å². The molecule has 2 heterocycles. The molecule has 0 bridgehead atoms. The highest BCUT2D eigenvalue weighted by Crippen LogP contribution is 2.16. The first-order chi connectivity index (χ1) is 12.0. The number of carbonyl (C=O) groups is 1. The van der Waals surface area contributed by atoms with E-state index in [0.717, 1.165) is 24.9 Å². The zero-order valence-electron chi connectivity index (χ0n) is 14.2. The molecule has 1 aromatic carbocycles. The molecule has 25 heavy (non-hydrogen) atoms. The maximum absolute atomic E-state index is 12.5. The summed E-state index contributed by atoms with van der Waals surface area (Å²) < 4.78 is 5.30. The van der Waals surface area contributed by atoms with E-state index in [-0.39, 0.29) is 17.7 Å². The maximum Gasteiger partial charge on any atom is 0.276 e. The molecule has 0 spiro atoms. The molecule has 1 atom stereocenters. The smallest absolute Gasteiger partial charge is 0.276 e. The number of hydrogen-bond donors (Lipinski definition) is 1. The Balaban J connectivity index is 1.59. The fourth-order valence-corrected chi connectivity index (χ4v) is 3.27. The van der Waals surface area contributed by atoms with Gasteiger partial charge < -0.3 is 14.5 Å². The summed E-state index contributed by atoms with van der Waals surface area (Å²) in [5, 5.41) is 14.3. The Labute approximate surface area is 152 Å². The van der Waals surface area contributed by atoms with Gasteiger partial charge in [0.15, 0.2) is 11.5 Å². The van der Waals surface area contributed by atoms with Crippen LogP contribution in [-0.4, -0.2) is 52.2 Å². The van der Waals surface area contributed by atoms with Gasteiger partial charge in [-0.1, -0.05) is 28.9 Å². The number of hydrogen-bond acceptors (Lipinski definition) is 5. The van der Waals surface area contributed by atoms with E-state index in [9.17, 15) is 9.90 Å². The summed E-state index contributed by atoms with van der Waals surface area (Å²) in [4.78, 5) is 16.2. The van der Waals surface area contributed by atoms with Gasteiger partial charge in [0.25, 0.3) is 5.91 Å². The summed E-state index contributed by atoms with van der Waals surface area (Å²) in [5.74, 6) is 0.433. The van der Waals surface area contributed by atoms with Gasteiger partial charge in [0.2, 0.25) is 0 Å². The Hall–Kier alpha value is -1.89. The first-order valence-electron chi connectivity index (χ1n) is 8.37. The van der Waals surface area contributed by atoms with E-state index in [4.69, 9.17) is 16.1 Å². The largest absolute Gasteiger partial charge is 0.392 e. The molecule has 134 valence electrons. The number of aliphatic hydroxyl groups excluding tert-OH is 1. The number of rotatable bonds is 5. The number of likely N-dealkylation sites (tertiary alicyclic amines) is 1. The first kappa shape index (κ1) is 17.9. The van der Waals surface area contributed by atoms with Crippen molar-refractivity contribution in [3.63, 3.8) is 0 Å². The van der Waals surface area contributed by atoms with E-state index < -0.39 is 0 Å². The van der Waals surface area contributed by atoms with Gasteiger partial charge in [-0.2, -0.15) is 0 Å². The van der Waals surface area contributed by atoms with Crippen LogP contribution < -0.4 is 0 Å². The molecule has 2 aromatic rings. The molecule has 0 radical (unpaired) electrons. The molecule has 1 aromatic heterocycles. The molecular formula is C18H22ClN3O3. The number of aromatic nitrogens is 1. The van der Waals surface area contributed by atoms with Crippen molar-refractivity contribution in [2.75, 3.05) is 20.1 Å². The fourth-order valence-electron chi connectivity index (χ4n) is 3.06. The highest BCUT2D eigenvalue weighted by Gasteiger charge is 2.21. The summed E-state index contributed by atoms with van der Waals surface area (Å²) in [6, 6.07) is 9.09. The Bertz CT molecular complexity index is 734. The van der Waals surface area contributed by atoms with E-state index in [1.807, 2.05) is 18.2 Å². The second-order valence-corrected chi connectivity index (χ2v) is 6.94. The van der Waals surface area contributed by atoms with Crippen LogP contribution in [0.2, 0.25) is 5.02 Å². The minimum absolute atomic E-state index is 0.200. The Kier molecular flexibility index (Phi) is 5.73. The first-order valence-corrected chi connectivity index (χ1v) is 8.75. The fraction of sp³-hybridized carbons (Fsp3) is 0.444. The van der Waals surface area contributed by atoms with Crippen LogP contribution in [0.3, 0.4) is 0 Å². The maximum atomic E-state index is 12.5. The van der Waals surface area contributed by atoms with Gasteiger partial charge in [0, 0.05) is 31.2 Å². The van der Waals surface area contributed by atoms with Crippen molar-refractivity contribution in [3.05, 3.63) is 52.4 Å². The van der Waals surface area contributed by atoms with Gasteiger partial charge in [-0.15, -0.1) is 0 Å². The quantitative estimate of drug-likeness (QED) is 0.884. The molecule has 1 amide bonds. The van der Waals surface area contributed by atoms with Crippen LogP contribution in [0.5, 0.6) is 0 Å². The van der Waals surface area contributed by atoms with Crippen molar-refractivity contribution < 1.29 is 14.4 Å². The molecule has 0 saturated carbocycles. The molecule has 1 N–H and O–H groups in total. The third-order valence-corrected chi connectivity index (χ3v) is 4.53. The number of piperidine rings is 1. The molecule has 0 aliphatic carbocycles. The van der Waals surface area contributed by atoms with E-state index in [1.54, 1.807) is 24.1 Å². The average Bonchev–Trinajstić information content (AvgIpc) is 3.02. The van der Waals surface area contributed by atoms with Crippen molar-refractivity contribution in [2.24, 2.45) is 0 Å². The van der Waals surface area contributed by atoms with Crippen molar-refractivity contribution in [2.45, 2.75) is 32.0 Å². The van der Waals surface area contributed by atoms with Crippen LogP contribution in [0.15, 0.2) is 34.9 Å². The number of halogens is 1. The number of β-amino-alcohol motifs (C(OH)–C–C–N with tert-alkyl or cyclic N) is 1. The lowest BCUT2D eigenvalue weighted by Crippen LogP contribution is -2.37. The number of carbonyl (C=O) groups excluding carboxylic acids is 1. The van der Waals surface area contributed by atoms with Gasteiger partial charge in [-0.25, -0.2) is 0 Å². The number of amides is 1. The minimum atomic E-state index is -0.290. The normalized spacial score (nSPS) is 18.3. The molecule has 6 nitrogen and oxygen atoms in total. The lowest BCUT2D eigenvalue weighted by atomic mass is 10.1. The second kappa shape index (κ2) is 7.99. The molecule has 1 aliphatic heterocycles. The van der Waals surface area contributed by atoms with Crippen molar-refractivity contribution in [1.29, 1.82) is 0 Å². The predicted octanol–water partition coefficient (Wildman–Crippen LogP) is 2.56. The summed E-state index contributed by atoms with van der Waals surface area (Å²) in [7, 11) is 1.72. The Morgan fingerprint density at radius 1 is 1.48 bits per heavy atom. The van der Waals surface area contributed by atoms with Gasteiger partial charge in [-0.05, 0) is 37.1 Å². The van der Waals surface area contributed by atoms with Crippen molar-refractivity contribution in [3.8, 4) is 0 Å². The Morgan fingerprint density at radius 2 is 2.32 bits per heavy atom. The van der Waals surface area contributed by atoms with Gasteiger partial charge in [0.05, 0.1) is 12.6 Å². The summed E-state index contributed by atoms with van der Waals surface area (Å²) >= 11 is 5.98. The van der Waals surface area contributed by atoms with Gasteiger partial charge >= 0.3 is 0 Å².